The van der Waals surface area contributed by atoms with E-state index in [2.05, 4.69) is 0 Å². The lowest BCUT2D eigenvalue weighted by Crippen LogP contribution is -2.47. The SMILES string of the molecule is CSC[C@](C)(N)C(=O)O. The summed E-state index contributed by atoms with van der Waals surface area (Å²) in [4.78, 5) is 10.3. The minimum absolute atomic E-state index is 0.447. The van der Waals surface area contributed by atoms with E-state index < -0.39 is 11.5 Å². The average molecular weight is 149 g/mol. The zero-order chi connectivity index (χ0) is 7.49. The van der Waals surface area contributed by atoms with Crippen LogP contribution < -0.4 is 5.73 Å². The van der Waals surface area contributed by atoms with Crippen molar-refractivity contribution < 1.29 is 9.90 Å². The second kappa shape index (κ2) is 3.08. The van der Waals surface area contributed by atoms with Gasteiger partial charge in [0.25, 0.3) is 0 Å². The Balaban J connectivity index is 3.85. The maximum absolute atomic E-state index is 10.3. The molecule has 9 heavy (non-hydrogen) atoms. The van der Waals surface area contributed by atoms with Crippen molar-refractivity contribution in [2.45, 2.75) is 12.5 Å². The van der Waals surface area contributed by atoms with Crippen LogP contribution >= 0.6 is 11.8 Å². The van der Waals surface area contributed by atoms with E-state index in [0.717, 1.165) is 0 Å². The predicted molar refractivity (Wildman–Crippen MR) is 38.6 cm³/mol. The molecule has 1 atom stereocenters. The normalized spacial score (nSPS) is 16.8. The first-order chi connectivity index (χ1) is 4.00. The van der Waals surface area contributed by atoms with Gasteiger partial charge in [0.15, 0.2) is 0 Å². The molecule has 0 aromatic carbocycles. The van der Waals surface area contributed by atoms with Gasteiger partial charge in [-0.2, -0.15) is 11.8 Å². The van der Waals surface area contributed by atoms with E-state index in [9.17, 15) is 4.79 Å². The first kappa shape index (κ1) is 8.78. The summed E-state index contributed by atoms with van der Waals surface area (Å²) in [6.45, 7) is 1.51. The fourth-order valence-corrected chi connectivity index (χ4v) is 1.08. The molecule has 4 heteroatoms. The van der Waals surface area contributed by atoms with Gasteiger partial charge in [-0.3, -0.25) is 4.79 Å². The molecule has 0 rings (SSSR count). The second-order valence-electron chi connectivity index (χ2n) is 2.16. The molecule has 0 spiro atoms. The number of aliphatic carboxylic acids is 1. The number of hydrogen-bond donors (Lipinski definition) is 2. The summed E-state index contributed by atoms with van der Waals surface area (Å²) in [7, 11) is 0. The minimum atomic E-state index is -1.07. The molecule has 54 valence electrons. The van der Waals surface area contributed by atoms with Gasteiger partial charge in [-0.25, -0.2) is 0 Å². The molecule has 0 saturated heterocycles. The predicted octanol–water partition coefficient (Wildman–Crippen LogP) is 0.151. The van der Waals surface area contributed by atoms with E-state index >= 15 is 0 Å². The molecule has 0 fully saturated rings. The topological polar surface area (TPSA) is 63.3 Å². The largest absolute Gasteiger partial charge is 0.480 e. The smallest absolute Gasteiger partial charge is 0.324 e. The van der Waals surface area contributed by atoms with Crippen LogP contribution in [0.2, 0.25) is 0 Å². The number of thioether (sulfide) groups is 1. The van der Waals surface area contributed by atoms with Crippen LogP contribution in [0.1, 0.15) is 6.92 Å². The summed E-state index contributed by atoms with van der Waals surface area (Å²) >= 11 is 1.43. The van der Waals surface area contributed by atoms with Gasteiger partial charge in [0, 0.05) is 5.75 Å². The van der Waals surface area contributed by atoms with Gasteiger partial charge < -0.3 is 10.8 Å². The van der Waals surface area contributed by atoms with Gasteiger partial charge in [0.2, 0.25) is 0 Å². The first-order valence-corrected chi connectivity index (χ1v) is 3.91. The van der Waals surface area contributed by atoms with E-state index in [1.165, 1.54) is 18.7 Å². The van der Waals surface area contributed by atoms with Crippen molar-refractivity contribution in [1.82, 2.24) is 0 Å². The highest BCUT2D eigenvalue weighted by Gasteiger charge is 2.26. The molecule has 0 bridgehead atoms. The van der Waals surface area contributed by atoms with E-state index in [1.54, 1.807) is 0 Å². The Kier molecular flexibility index (Phi) is 3.00. The second-order valence-corrected chi connectivity index (χ2v) is 3.02. The van der Waals surface area contributed by atoms with Crippen LogP contribution in [0, 0.1) is 0 Å². The summed E-state index contributed by atoms with van der Waals surface area (Å²) in [6.07, 6.45) is 1.83. The lowest BCUT2D eigenvalue weighted by Gasteiger charge is -2.16. The summed E-state index contributed by atoms with van der Waals surface area (Å²) in [6, 6.07) is 0. The highest BCUT2D eigenvalue weighted by Crippen LogP contribution is 2.06. The Morgan fingerprint density at radius 3 is 2.44 bits per heavy atom. The van der Waals surface area contributed by atoms with Crippen molar-refractivity contribution in [2.75, 3.05) is 12.0 Å². The van der Waals surface area contributed by atoms with Crippen molar-refractivity contribution in [3.63, 3.8) is 0 Å². The zero-order valence-electron chi connectivity index (χ0n) is 5.55. The van der Waals surface area contributed by atoms with Gasteiger partial charge in [-0.15, -0.1) is 0 Å². The Hall–Kier alpha value is -0.220. The third kappa shape index (κ3) is 2.72. The molecule has 3 N–H and O–H groups in total. The number of nitrogens with two attached hydrogens (primary N) is 1. The maximum atomic E-state index is 10.3. The number of rotatable bonds is 3. The van der Waals surface area contributed by atoms with Gasteiger partial charge in [0.1, 0.15) is 5.54 Å². The molecular weight excluding hydrogens is 138 g/mol. The summed E-state index contributed by atoms with van der Waals surface area (Å²) in [5, 5.41) is 8.43. The lowest BCUT2D eigenvalue weighted by atomic mass is 10.1. The highest BCUT2D eigenvalue weighted by molar-refractivity contribution is 7.98. The van der Waals surface area contributed by atoms with Crippen molar-refractivity contribution in [2.24, 2.45) is 5.73 Å². The fourth-order valence-electron chi connectivity index (χ4n) is 0.362. The lowest BCUT2D eigenvalue weighted by molar-refractivity contribution is -0.141. The fraction of sp³-hybridized carbons (Fsp3) is 0.800. The maximum Gasteiger partial charge on any atom is 0.324 e. The van der Waals surface area contributed by atoms with Crippen LogP contribution in [-0.2, 0) is 4.79 Å². The molecule has 0 unspecified atom stereocenters. The van der Waals surface area contributed by atoms with E-state index in [4.69, 9.17) is 10.8 Å². The molecule has 3 nitrogen and oxygen atoms in total. The van der Waals surface area contributed by atoms with Crippen molar-refractivity contribution in [3.8, 4) is 0 Å². The number of carboxylic acids is 1. The van der Waals surface area contributed by atoms with Crippen molar-refractivity contribution in [1.29, 1.82) is 0 Å². The average Bonchev–Trinajstić information content (AvgIpc) is 1.65. The molecule has 0 heterocycles. The summed E-state index contributed by atoms with van der Waals surface area (Å²) in [5.41, 5.74) is 4.28. The quantitative estimate of drug-likeness (QED) is 0.599. The van der Waals surface area contributed by atoms with Gasteiger partial charge >= 0.3 is 5.97 Å². The Morgan fingerprint density at radius 1 is 1.89 bits per heavy atom. The Morgan fingerprint density at radius 2 is 2.33 bits per heavy atom. The Bertz CT molecular complexity index is 114. The molecule has 0 aromatic rings. The van der Waals surface area contributed by atoms with Crippen LogP contribution in [-0.4, -0.2) is 28.6 Å². The summed E-state index contributed by atoms with van der Waals surface area (Å²) < 4.78 is 0. The number of hydrogen-bond acceptors (Lipinski definition) is 3. The van der Waals surface area contributed by atoms with Crippen LogP contribution in [0.4, 0.5) is 0 Å². The molecule has 0 radical (unpaired) electrons. The third-order valence-electron chi connectivity index (χ3n) is 0.933. The Labute approximate surface area is 58.6 Å². The zero-order valence-corrected chi connectivity index (χ0v) is 6.36. The van der Waals surface area contributed by atoms with Crippen LogP contribution in [0.3, 0.4) is 0 Å². The van der Waals surface area contributed by atoms with Crippen LogP contribution in [0.5, 0.6) is 0 Å². The van der Waals surface area contributed by atoms with Crippen LogP contribution in [0.25, 0.3) is 0 Å². The van der Waals surface area contributed by atoms with Crippen LogP contribution in [0.15, 0.2) is 0 Å². The standard InChI is InChI=1S/C5H11NO2S/c1-5(6,3-9-2)4(7)8/h3,6H2,1-2H3,(H,7,8)/t5-/m0/s1. The molecule has 0 aliphatic heterocycles. The minimum Gasteiger partial charge on any atom is -0.480 e. The van der Waals surface area contributed by atoms with Crippen molar-refractivity contribution in [3.05, 3.63) is 0 Å². The van der Waals surface area contributed by atoms with Gasteiger partial charge in [-0.1, -0.05) is 0 Å². The molecule has 0 amide bonds. The monoisotopic (exact) mass is 149 g/mol. The highest BCUT2D eigenvalue weighted by atomic mass is 32.2. The molecule has 0 aliphatic rings. The van der Waals surface area contributed by atoms with E-state index in [1.807, 2.05) is 6.26 Å². The molecule has 0 aliphatic carbocycles. The van der Waals surface area contributed by atoms with E-state index in [-0.39, 0.29) is 0 Å². The number of carboxylic acid groups (broad SMARTS) is 1. The van der Waals surface area contributed by atoms with E-state index in [0.29, 0.717) is 5.75 Å². The van der Waals surface area contributed by atoms with Gasteiger partial charge in [0.05, 0.1) is 0 Å². The van der Waals surface area contributed by atoms with Crippen molar-refractivity contribution >= 4 is 17.7 Å². The molecule has 0 saturated carbocycles. The third-order valence-corrected chi connectivity index (χ3v) is 1.82. The first-order valence-electron chi connectivity index (χ1n) is 2.52. The molecule has 0 aromatic heterocycles. The van der Waals surface area contributed by atoms with Gasteiger partial charge in [-0.05, 0) is 13.2 Å². The number of carbonyl (C=O) groups is 1. The molecular formula is C5H11NO2S. The summed E-state index contributed by atoms with van der Waals surface area (Å²) in [5.74, 6) is -0.501.